The van der Waals surface area contributed by atoms with Gasteiger partial charge in [0, 0.05) is 48.1 Å². The first kappa shape index (κ1) is 23.1. The number of carbonyl (C=O) groups excluding carboxylic acids is 1. The highest BCUT2D eigenvalue weighted by atomic mass is 32.1. The molecule has 3 aromatic heterocycles. The summed E-state index contributed by atoms with van der Waals surface area (Å²) >= 11 is 1.61. The number of H-pyrrole nitrogens is 1. The summed E-state index contributed by atoms with van der Waals surface area (Å²) < 4.78 is 12.4. The van der Waals surface area contributed by atoms with Gasteiger partial charge in [0.05, 0.1) is 47.4 Å². The lowest BCUT2D eigenvalue weighted by Crippen LogP contribution is -2.47. The fourth-order valence-corrected chi connectivity index (χ4v) is 5.92. The Kier molecular flexibility index (Phi) is 6.16. The molecular weight excluding hydrogens is 476 g/mol. The van der Waals surface area contributed by atoms with Crippen molar-refractivity contribution in [3.63, 3.8) is 0 Å². The predicted octanol–water partition coefficient (Wildman–Crippen LogP) is 3.72. The van der Waals surface area contributed by atoms with Crippen molar-refractivity contribution < 1.29 is 14.3 Å². The van der Waals surface area contributed by atoms with Gasteiger partial charge in [-0.1, -0.05) is 12.1 Å². The standard InChI is InChI=1S/C26H28N6O3S/c1-16-14-32(15-17(2)35-16)23(33)7-6-18-12-22-24(36-18)26(31-8-10-34-11-9-31)29-25(28-22)19-4-3-5-21-20(19)13-27-30-21/h3-7,12-13,16-17H,8-11,14-15H2,1-2H3,(H,27,30)/b7-6+/t16-,17+. The molecule has 9 nitrogen and oxygen atoms in total. The lowest BCUT2D eigenvalue weighted by Gasteiger charge is -2.34. The molecule has 4 aromatic rings. The second-order valence-electron chi connectivity index (χ2n) is 9.30. The van der Waals surface area contributed by atoms with Gasteiger partial charge in [0.25, 0.3) is 0 Å². The molecule has 6 rings (SSSR count). The molecule has 10 heteroatoms. The Hall–Kier alpha value is -3.34. The van der Waals surface area contributed by atoms with Crippen molar-refractivity contribution in [1.29, 1.82) is 0 Å². The van der Waals surface area contributed by atoms with Gasteiger partial charge in [0.1, 0.15) is 0 Å². The van der Waals surface area contributed by atoms with E-state index in [0.29, 0.717) is 32.1 Å². The minimum absolute atomic E-state index is 0.00117. The zero-order valence-corrected chi connectivity index (χ0v) is 21.1. The fraction of sp³-hybridized carbons (Fsp3) is 0.385. The van der Waals surface area contributed by atoms with Gasteiger partial charge in [0.15, 0.2) is 11.6 Å². The van der Waals surface area contributed by atoms with Crippen molar-refractivity contribution in [2.24, 2.45) is 0 Å². The highest BCUT2D eigenvalue weighted by Crippen LogP contribution is 2.36. The summed E-state index contributed by atoms with van der Waals surface area (Å²) in [5, 5.41) is 8.21. The number of amides is 1. The monoisotopic (exact) mass is 504 g/mol. The summed E-state index contributed by atoms with van der Waals surface area (Å²) in [6, 6.07) is 8.05. The van der Waals surface area contributed by atoms with E-state index in [4.69, 9.17) is 19.4 Å². The molecule has 0 radical (unpaired) electrons. The van der Waals surface area contributed by atoms with Crippen LogP contribution in [0.5, 0.6) is 0 Å². The molecule has 5 heterocycles. The highest BCUT2D eigenvalue weighted by molar-refractivity contribution is 7.20. The molecule has 2 atom stereocenters. The van der Waals surface area contributed by atoms with Gasteiger partial charge in [-0.15, -0.1) is 11.3 Å². The Bertz CT molecular complexity index is 1430. The van der Waals surface area contributed by atoms with Gasteiger partial charge < -0.3 is 19.3 Å². The van der Waals surface area contributed by atoms with Crippen LogP contribution in [0.25, 0.3) is 38.6 Å². The minimum Gasteiger partial charge on any atom is -0.378 e. The molecule has 1 N–H and O–H groups in total. The number of thiophene rings is 1. The van der Waals surface area contributed by atoms with E-state index in [1.165, 1.54) is 0 Å². The number of nitrogens with zero attached hydrogens (tertiary/aromatic N) is 5. The molecule has 1 amide bonds. The lowest BCUT2D eigenvalue weighted by atomic mass is 10.1. The third-order valence-electron chi connectivity index (χ3n) is 6.53. The van der Waals surface area contributed by atoms with E-state index >= 15 is 0 Å². The molecule has 0 saturated carbocycles. The number of fused-ring (bicyclic) bond motifs is 2. The molecule has 186 valence electrons. The van der Waals surface area contributed by atoms with Crippen molar-refractivity contribution in [2.75, 3.05) is 44.3 Å². The zero-order valence-electron chi connectivity index (χ0n) is 20.3. The summed E-state index contributed by atoms with van der Waals surface area (Å²) in [6.07, 6.45) is 5.44. The fourth-order valence-electron chi connectivity index (χ4n) is 4.91. The van der Waals surface area contributed by atoms with Crippen LogP contribution < -0.4 is 4.90 Å². The summed E-state index contributed by atoms with van der Waals surface area (Å²) in [5.41, 5.74) is 2.75. The van der Waals surface area contributed by atoms with Crippen molar-refractivity contribution in [1.82, 2.24) is 25.1 Å². The normalized spacial score (nSPS) is 21.2. The summed E-state index contributed by atoms with van der Waals surface area (Å²) in [5.74, 6) is 1.57. The van der Waals surface area contributed by atoms with Crippen LogP contribution in [0.1, 0.15) is 18.7 Å². The Labute approximate surface area is 212 Å². The molecule has 0 unspecified atom stereocenters. The number of hydrogen-bond donors (Lipinski definition) is 1. The lowest BCUT2D eigenvalue weighted by molar-refractivity contribution is -0.137. The van der Waals surface area contributed by atoms with Crippen LogP contribution in [-0.2, 0) is 14.3 Å². The van der Waals surface area contributed by atoms with E-state index in [9.17, 15) is 4.79 Å². The number of hydrogen-bond acceptors (Lipinski definition) is 8. The molecule has 1 aromatic carbocycles. The minimum atomic E-state index is 0.00117. The SMILES string of the molecule is C[C@@H]1CN(C(=O)/C=C/c2cc3nc(-c4cccc5[nH]ncc45)nc(N4CCOCC4)c3s2)C[C@H](C)O1. The molecule has 0 aliphatic carbocycles. The van der Waals surface area contributed by atoms with Crippen LogP contribution in [0, 0.1) is 0 Å². The molecule has 0 bridgehead atoms. The molecule has 2 fully saturated rings. The van der Waals surface area contributed by atoms with Gasteiger partial charge in [-0.2, -0.15) is 5.10 Å². The van der Waals surface area contributed by atoms with E-state index < -0.39 is 0 Å². The summed E-state index contributed by atoms with van der Waals surface area (Å²) in [6.45, 7) is 8.10. The second-order valence-corrected chi connectivity index (χ2v) is 10.4. The van der Waals surface area contributed by atoms with Gasteiger partial charge >= 0.3 is 0 Å². The second kappa shape index (κ2) is 9.61. The van der Waals surface area contributed by atoms with E-state index in [2.05, 4.69) is 15.1 Å². The third-order valence-corrected chi connectivity index (χ3v) is 7.62. The van der Waals surface area contributed by atoms with Crippen molar-refractivity contribution in [2.45, 2.75) is 26.1 Å². The van der Waals surface area contributed by atoms with Crippen LogP contribution in [-0.4, -0.2) is 82.6 Å². The Morgan fingerprint density at radius 2 is 1.97 bits per heavy atom. The van der Waals surface area contributed by atoms with E-state index in [-0.39, 0.29) is 18.1 Å². The average Bonchev–Trinajstić information content (AvgIpc) is 3.53. The number of nitrogens with one attached hydrogen (secondary N) is 1. The number of anilines is 1. The van der Waals surface area contributed by atoms with Gasteiger partial charge in [-0.3, -0.25) is 9.89 Å². The van der Waals surface area contributed by atoms with Crippen LogP contribution in [0.2, 0.25) is 0 Å². The molecular formula is C26H28N6O3S. The third kappa shape index (κ3) is 4.47. The zero-order chi connectivity index (χ0) is 24.6. The molecule has 2 aliphatic rings. The van der Waals surface area contributed by atoms with E-state index in [1.54, 1.807) is 17.4 Å². The number of aromatic amines is 1. The highest BCUT2D eigenvalue weighted by Gasteiger charge is 2.25. The first-order valence-electron chi connectivity index (χ1n) is 12.2. The van der Waals surface area contributed by atoms with E-state index in [0.717, 1.165) is 50.5 Å². The smallest absolute Gasteiger partial charge is 0.246 e. The average molecular weight is 505 g/mol. The Morgan fingerprint density at radius 1 is 1.17 bits per heavy atom. The van der Waals surface area contributed by atoms with Crippen molar-refractivity contribution in [3.05, 3.63) is 41.4 Å². The largest absolute Gasteiger partial charge is 0.378 e. The molecule has 2 aliphatic heterocycles. The maximum absolute atomic E-state index is 12.9. The Balaban J connectivity index is 1.37. The first-order valence-corrected chi connectivity index (χ1v) is 13.1. The molecule has 2 saturated heterocycles. The number of rotatable bonds is 4. The number of aromatic nitrogens is 4. The number of benzene rings is 1. The van der Waals surface area contributed by atoms with Gasteiger partial charge in [-0.25, -0.2) is 9.97 Å². The van der Waals surface area contributed by atoms with E-state index in [1.807, 2.05) is 55.3 Å². The first-order chi connectivity index (χ1) is 17.5. The van der Waals surface area contributed by atoms with Crippen LogP contribution in [0.4, 0.5) is 5.82 Å². The Morgan fingerprint density at radius 3 is 2.78 bits per heavy atom. The summed E-state index contributed by atoms with van der Waals surface area (Å²) in [7, 11) is 0. The van der Waals surface area contributed by atoms with Crippen LogP contribution in [0.3, 0.4) is 0 Å². The van der Waals surface area contributed by atoms with Crippen molar-refractivity contribution >= 4 is 50.3 Å². The number of carbonyl (C=O) groups is 1. The number of ether oxygens (including phenoxy) is 2. The number of morpholine rings is 2. The molecule has 36 heavy (non-hydrogen) atoms. The maximum Gasteiger partial charge on any atom is 0.246 e. The maximum atomic E-state index is 12.9. The van der Waals surface area contributed by atoms with Crippen LogP contribution >= 0.6 is 11.3 Å². The van der Waals surface area contributed by atoms with Crippen LogP contribution in [0.15, 0.2) is 36.5 Å². The predicted molar refractivity (Wildman–Crippen MR) is 141 cm³/mol. The van der Waals surface area contributed by atoms with Crippen molar-refractivity contribution in [3.8, 4) is 11.4 Å². The van der Waals surface area contributed by atoms with Gasteiger partial charge in [-0.05, 0) is 32.1 Å². The summed E-state index contributed by atoms with van der Waals surface area (Å²) in [4.78, 5) is 27.9. The van der Waals surface area contributed by atoms with Gasteiger partial charge in [0.2, 0.25) is 5.91 Å². The topological polar surface area (TPSA) is 96.5 Å². The molecule has 0 spiro atoms. The quantitative estimate of drug-likeness (QED) is 0.423.